The van der Waals surface area contributed by atoms with E-state index in [1.165, 1.54) is 16.7 Å². The molecule has 0 aliphatic rings. The molecule has 4 heteroatoms. The summed E-state index contributed by atoms with van der Waals surface area (Å²) in [5.74, 6) is 2.07. The number of anilines is 1. The van der Waals surface area contributed by atoms with Crippen molar-refractivity contribution in [3.05, 3.63) is 65.2 Å². The number of aryl methyl sites for hydroxylation is 2. The molecule has 0 saturated carbocycles. The first kappa shape index (κ1) is 16.8. The van der Waals surface area contributed by atoms with Gasteiger partial charge in [0.15, 0.2) is 5.11 Å². The first-order valence-electron chi connectivity index (χ1n) is 7.38. The van der Waals surface area contributed by atoms with Gasteiger partial charge in [-0.05, 0) is 49.3 Å². The van der Waals surface area contributed by atoms with E-state index < -0.39 is 0 Å². The van der Waals surface area contributed by atoms with Gasteiger partial charge in [-0.1, -0.05) is 42.0 Å². The van der Waals surface area contributed by atoms with Crippen LogP contribution in [0.2, 0.25) is 0 Å². The van der Waals surface area contributed by atoms with Gasteiger partial charge in [0.05, 0.1) is 0 Å². The monoisotopic (exact) mass is 330 g/mol. The molecule has 2 rings (SSSR count). The standard InChI is InChI=1S/C18H22N2S2/c1-14-6-8-16(9-7-14)13-22-11-10-19-18(21)20-17-5-3-4-15(2)12-17/h3-9,12H,10-11,13H2,1-2H3,(H2,19,20,21). The molecule has 0 heterocycles. The lowest BCUT2D eigenvalue weighted by molar-refractivity contribution is 0.989. The van der Waals surface area contributed by atoms with E-state index >= 15 is 0 Å². The van der Waals surface area contributed by atoms with Crippen molar-refractivity contribution in [1.82, 2.24) is 5.32 Å². The lowest BCUT2D eigenvalue weighted by Crippen LogP contribution is -2.30. The Hall–Kier alpha value is -1.52. The lowest BCUT2D eigenvalue weighted by atomic mass is 10.2. The molecule has 2 aromatic rings. The highest BCUT2D eigenvalue weighted by molar-refractivity contribution is 7.98. The molecule has 2 N–H and O–H groups in total. The number of rotatable bonds is 6. The van der Waals surface area contributed by atoms with Crippen molar-refractivity contribution < 1.29 is 0 Å². The van der Waals surface area contributed by atoms with Crippen molar-refractivity contribution >= 4 is 34.8 Å². The van der Waals surface area contributed by atoms with Crippen LogP contribution in [0.3, 0.4) is 0 Å². The van der Waals surface area contributed by atoms with Crippen molar-refractivity contribution in [3.8, 4) is 0 Å². The first-order chi connectivity index (χ1) is 10.6. The van der Waals surface area contributed by atoms with E-state index in [-0.39, 0.29) is 0 Å². The molecule has 0 amide bonds. The van der Waals surface area contributed by atoms with Crippen molar-refractivity contribution in [1.29, 1.82) is 0 Å². The first-order valence-corrected chi connectivity index (χ1v) is 8.94. The largest absolute Gasteiger partial charge is 0.362 e. The topological polar surface area (TPSA) is 24.1 Å². The molecule has 0 fully saturated rings. The average Bonchev–Trinajstić information content (AvgIpc) is 2.49. The summed E-state index contributed by atoms with van der Waals surface area (Å²) in [7, 11) is 0. The number of nitrogens with one attached hydrogen (secondary N) is 2. The highest BCUT2D eigenvalue weighted by atomic mass is 32.2. The zero-order valence-electron chi connectivity index (χ0n) is 13.1. The summed E-state index contributed by atoms with van der Waals surface area (Å²) < 4.78 is 0. The van der Waals surface area contributed by atoms with Gasteiger partial charge in [0.25, 0.3) is 0 Å². The number of hydrogen-bond acceptors (Lipinski definition) is 2. The van der Waals surface area contributed by atoms with Gasteiger partial charge in [0.2, 0.25) is 0 Å². The maximum Gasteiger partial charge on any atom is 0.170 e. The zero-order valence-corrected chi connectivity index (χ0v) is 14.7. The molecule has 2 aromatic carbocycles. The molecule has 2 nitrogen and oxygen atoms in total. The minimum atomic E-state index is 0.682. The average molecular weight is 331 g/mol. The van der Waals surface area contributed by atoms with E-state index in [9.17, 15) is 0 Å². The molecule has 0 atom stereocenters. The van der Waals surface area contributed by atoms with Crippen LogP contribution in [0.25, 0.3) is 0 Å². The summed E-state index contributed by atoms with van der Waals surface area (Å²) in [5, 5.41) is 7.14. The molecule has 0 unspecified atom stereocenters. The molecular weight excluding hydrogens is 308 g/mol. The van der Waals surface area contributed by atoms with Gasteiger partial charge in [-0.2, -0.15) is 11.8 Å². The number of thiocarbonyl (C=S) groups is 1. The van der Waals surface area contributed by atoms with Crippen molar-refractivity contribution in [3.63, 3.8) is 0 Å². The van der Waals surface area contributed by atoms with Crippen molar-refractivity contribution in [2.75, 3.05) is 17.6 Å². The third-order valence-electron chi connectivity index (χ3n) is 3.20. The third kappa shape index (κ3) is 6.08. The van der Waals surface area contributed by atoms with Gasteiger partial charge < -0.3 is 10.6 Å². The molecule has 0 aromatic heterocycles. The smallest absolute Gasteiger partial charge is 0.170 e. The van der Waals surface area contributed by atoms with E-state index in [1.54, 1.807) is 0 Å². The summed E-state index contributed by atoms with van der Waals surface area (Å²) in [6.45, 7) is 5.06. The second-order valence-corrected chi connectivity index (χ2v) is 6.80. The maximum atomic E-state index is 5.31. The van der Waals surface area contributed by atoms with E-state index in [4.69, 9.17) is 12.2 Å². The Morgan fingerprint density at radius 2 is 1.82 bits per heavy atom. The highest BCUT2D eigenvalue weighted by Crippen LogP contribution is 2.12. The van der Waals surface area contributed by atoms with Crippen LogP contribution >= 0.6 is 24.0 Å². The summed E-state index contributed by atoms with van der Waals surface area (Å²) in [6, 6.07) is 16.9. The molecule has 0 saturated heterocycles. The summed E-state index contributed by atoms with van der Waals surface area (Å²) in [5.41, 5.74) is 4.94. The van der Waals surface area contributed by atoms with Crippen LogP contribution in [0.4, 0.5) is 5.69 Å². The normalized spacial score (nSPS) is 10.3. The summed E-state index contributed by atoms with van der Waals surface area (Å²) >= 11 is 7.22. The van der Waals surface area contributed by atoms with Crippen LogP contribution in [0.1, 0.15) is 16.7 Å². The van der Waals surface area contributed by atoms with Crippen LogP contribution in [-0.4, -0.2) is 17.4 Å². The van der Waals surface area contributed by atoms with Crippen LogP contribution in [0.15, 0.2) is 48.5 Å². The van der Waals surface area contributed by atoms with Gasteiger partial charge >= 0.3 is 0 Å². The van der Waals surface area contributed by atoms with Crippen molar-refractivity contribution in [2.45, 2.75) is 19.6 Å². The SMILES string of the molecule is Cc1ccc(CSCCNC(=S)Nc2cccc(C)c2)cc1. The van der Waals surface area contributed by atoms with Crippen LogP contribution < -0.4 is 10.6 Å². The lowest BCUT2D eigenvalue weighted by Gasteiger charge is -2.11. The quantitative estimate of drug-likeness (QED) is 0.600. The Labute approximate surface area is 142 Å². The Balaban J connectivity index is 1.62. The fourth-order valence-corrected chi connectivity index (χ4v) is 3.05. The molecule has 0 radical (unpaired) electrons. The Kier molecular flexibility index (Phi) is 6.74. The predicted octanol–water partition coefficient (Wildman–Crippen LogP) is 4.52. The highest BCUT2D eigenvalue weighted by Gasteiger charge is 1.98. The van der Waals surface area contributed by atoms with Gasteiger partial charge in [-0.15, -0.1) is 0 Å². The Bertz CT molecular complexity index is 609. The Morgan fingerprint density at radius 1 is 1.05 bits per heavy atom. The Morgan fingerprint density at radius 3 is 2.55 bits per heavy atom. The van der Waals surface area contributed by atoms with Gasteiger partial charge in [-0.3, -0.25) is 0 Å². The molecule has 0 aliphatic carbocycles. The van der Waals surface area contributed by atoms with E-state index in [0.29, 0.717) is 5.11 Å². The van der Waals surface area contributed by atoms with E-state index in [1.807, 2.05) is 23.9 Å². The molecule has 0 bridgehead atoms. The third-order valence-corrected chi connectivity index (χ3v) is 4.47. The minimum Gasteiger partial charge on any atom is -0.362 e. The second kappa shape index (κ2) is 8.81. The van der Waals surface area contributed by atoms with Crippen LogP contribution in [-0.2, 0) is 5.75 Å². The van der Waals surface area contributed by atoms with Gasteiger partial charge in [-0.25, -0.2) is 0 Å². The number of hydrogen-bond donors (Lipinski definition) is 2. The van der Waals surface area contributed by atoms with E-state index in [2.05, 4.69) is 60.9 Å². The molecule has 116 valence electrons. The van der Waals surface area contributed by atoms with Crippen molar-refractivity contribution in [2.24, 2.45) is 0 Å². The summed E-state index contributed by atoms with van der Waals surface area (Å²) in [4.78, 5) is 0. The summed E-state index contributed by atoms with van der Waals surface area (Å²) in [6.07, 6.45) is 0. The van der Waals surface area contributed by atoms with Crippen LogP contribution in [0, 0.1) is 13.8 Å². The second-order valence-electron chi connectivity index (χ2n) is 5.29. The van der Waals surface area contributed by atoms with Gasteiger partial charge in [0, 0.05) is 23.7 Å². The fourth-order valence-electron chi connectivity index (χ4n) is 2.01. The predicted molar refractivity (Wildman–Crippen MR) is 103 cm³/mol. The minimum absolute atomic E-state index is 0.682. The molecule has 0 aliphatic heterocycles. The van der Waals surface area contributed by atoms with Crippen LogP contribution in [0.5, 0.6) is 0 Å². The fraction of sp³-hybridized carbons (Fsp3) is 0.278. The number of thioether (sulfide) groups is 1. The molecular formula is C18H22N2S2. The molecule has 0 spiro atoms. The molecule has 22 heavy (non-hydrogen) atoms. The maximum absolute atomic E-state index is 5.31. The number of benzene rings is 2. The zero-order chi connectivity index (χ0) is 15.8. The van der Waals surface area contributed by atoms with Gasteiger partial charge in [0.1, 0.15) is 0 Å². The van der Waals surface area contributed by atoms with E-state index in [0.717, 1.165) is 23.7 Å².